The molecule has 0 radical (unpaired) electrons. The maximum Gasteiger partial charge on any atom is 0.248 e. The molecule has 0 saturated carbocycles. The minimum Gasteiger partial charge on any atom is -0.338 e. The number of rotatable bonds is 4. The summed E-state index contributed by atoms with van der Waals surface area (Å²) >= 11 is 0. The highest BCUT2D eigenvalue weighted by molar-refractivity contribution is 5.92. The molecule has 1 N–H and O–H groups in total. The zero-order valence-corrected chi connectivity index (χ0v) is 15.6. The number of nitrogens with zero attached hydrogens (tertiary/aromatic N) is 4. The lowest BCUT2D eigenvalue weighted by atomic mass is 9.94. The summed E-state index contributed by atoms with van der Waals surface area (Å²) in [5.74, 6) is 2.44. The Kier molecular flexibility index (Phi) is 5.30. The summed E-state index contributed by atoms with van der Waals surface area (Å²) in [5, 5.41) is 3.26. The quantitative estimate of drug-likeness (QED) is 0.854. The van der Waals surface area contributed by atoms with Crippen LogP contribution in [0.3, 0.4) is 0 Å². The van der Waals surface area contributed by atoms with E-state index in [2.05, 4.69) is 26.8 Å². The fraction of sp³-hybridized carbons (Fsp3) is 0.400. The third-order valence-electron chi connectivity index (χ3n) is 4.49. The van der Waals surface area contributed by atoms with Crippen molar-refractivity contribution in [3.05, 3.63) is 53.6 Å². The number of aryl methyl sites for hydroxylation is 2. The van der Waals surface area contributed by atoms with Crippen molar-refractivity contribution in [2.75, 3.05) is 18.4 Å². The zero-order valence-electron chi connectivity index (χ0n) is 15.6. The SMILES string of the molecule is C=C(C)C(=O)N1CCCC(c2cc(Nc3cccc(C)n3)nc(C)n2)C1. The van der Waals surface area contributed by atoms with Gasteiger partial charge in [0, 0.05) is 36.3 Å². The Balaban J connectivity index is 1.80. The molecule has 1 unspecified atom stereocenters. The van der Waals surface area contributed by atoms with Crippen LogP contribution in [0, 0.1) is 13.8 Å². The summed E-state index contributed by atoms with van der Waals surface area (Å²) in [6, 6.07) is 7.80. The molecule has 2 aromatic rings. The van der Waals surface area contributed by atoms with Crippen LogP contribution in [0.4, 0.5) is 11.6 Å². The van der Waals surface area contributed by atoms with Crippen molar-refractivity contribution in [1.82, 2.24) is 19.9 Å². The number of anilines is 2. The zero-order chi connectivity index (χ0) is 18.7. The molecule has 0 spiro atoms. The number of likely N-dealkylation sites (tertiary alicyclic amines) is 1. The maximum atomic E-state index is 12.3. The summed E-state index contributed by atoms with van der Waals surface area (Å²) in [6.45, 7) is 10.8. The van der Waals surface area contributed by atoms with Gasteiger partial charge in [-0.15, -0.1) is 0 Å². The predicted molar refractivity (Wildman–Crippen MR) is 102 cm³/mol. The van der Waals surface area contributed by atoms with Crippen molar-refractivity contribution in [2.45, 2.75) is 39.5 Å². The third-order valence-corrected chi connectivity index (χ3v) is 4.49. The molecule has 1 aliphatic rings. The van der Waals surface area contributed by atoms with Gasteiger partial charge < -0.3 is 10.2 Å². The predicted octanol–water partition coefficient (Wildman–Crippen LogP) is 3.51. The lowest BCUT2D eigenvalue weighted by Gasteiger charge is -2.32. The average Bonchev–Trinajstić information content (AvgIpc) is 2.60. The van der Waals surface area contributed by atoms with Gasteiger partial charge in [-0.2, -0.15) is 0 Å². The van der Waals surface area contributed by atoms with Crippen molar-refractivity contribution in [3.63, 3.8) is 0 Å². The minimum absolute atomic E-state index is 0.0304. The van der Waals surface area contributed by atoms with Gasteiger partial charge in [0.05, 0.1) is 5.69 Å². The van der Waals surface area contributed by atoms with Crippen LogP contribution in [0.2, 0.25) is 0 Å². The van der Waals surface area contributed by atoms with E-state index < -0.39 is 0 Å². The standard InChI is InChI=1S/C20H25N5O/c1-13(2)20(26)25-10-6-8-16(12-25)17-11-19(23-15(4)22-17)24-18-9-5-7-14(3)21-18/h5,7,9,11,16H,1,6,8,10,12H2,2-4H3,(H,21,22,23,24). The second-order valence-electron chi connectivity index (χ2n) is 6.89. The van der Waals surface area contributed by atoms with Crippen molar-refractivity contribution < 1.29 is 4.79 Å². The number of carbonyl (C=O) groups is 1. The number of aromatic nitrogens is 3. The van der Waals surface area contributed by atoms with Gasteiger partial charge in [0.1, 0.15) is 17.5 Å². The smallest absolute Gasteiger partial charge is 0.248 e. The summed E-state index contributed by atoms with van der Waals surface area (Å²) < 4.78 is 0. The van der Waals surface area contributed by atoms with Crippen LogP contribution in [-0.4, -0.2) is 38.8 Å². The van der Waals surface area contributed by atoms with E-state index in [4.69, 9.17) is 0 Å². The molecule has 2 aromatic heterocycles. The van der Waals surface area contributed by atoms with Crippen LogP contribution in [0.1, 0.15) is 42.9 Å². The van der Waals surface area contributed by atoms with Gasteiger partial charge in [0.25, 0.3) is 0 Å². The van der Waals surface area contributed by atoms with Crippen molar-refractivity contribution in [3.8, 4) is 0 Å². The lowest BCUT2D eigenvalue weighted by molar-refractivity contribution is -0.128. The van der Waals surface area contributed by atoms with Crippen LogP contribution in [0.25, 0.3) is 0 Å². The number of piperidine rings is 1. The van der Waals surface area contributed by atoms with Gasteiger partial charge in [-0.3, -0.25) is 4.79 Å². The van der Waals surface area contributed by atoms with Crippen molar-refractivity contribution >= 4 is 17.5 Å². The van der Waals surface area contributed by atoms with Crippen LogP contribution in [0.5, 0.6) is 0 Å². The number of hydrogen-bond acceptors (Lipinski definition) is 5. The van der Waals surface area contributed by atoms with Gasteiger partial charge in [-0.25, -0.2) is 15.0 Å². The largest absolute Gasteiger partial charge is 0.338 e. The van der Waals surface area contributed by atoms with Crippen molar-refractivity contribution in [1.29, 1.82) is 0 Å². The highest BCUT2D eigenvalue weighted by Gasteiger charge is 2.26. The van der Waals surface area contributed by atoms with E-state index in [1.807, 2.05) is 43.0 Å². The van der Waals surface area contributed by atoms with Crippen LogP contribution >= 0.6 is 0 Å². The summed E-state index contributed by atoms with van der Waals surface area (Å²) in [4.78, 5) is 27.7. The molecule has 1 atom stereocenters. The minimum atomic E-state index is 0.0304. The van der Waals surface area contributed by atoms with Gasteiger partial charge in [-0.1, -0.05) is 12.6 Å². The second-order valence-corrected chi connectivity index (χ2v) is 6.89. The molecule has 136 valence electrons. The molecule has 0 aromatic carbocycles. The molecule has 0 bridgehead atoms. The Morgan fingerprint density at radius 3 is 2.77 bits per heavy atom. The molecule has 1 fully saturated rings. The third kappa shape index (κ3) is 4.25. The first-order valence-corrected chi connectivity index (χ1v) is 8.93. The van der Waals surface area contributed by atoms with Crippen LogP contribution < -0.4 is 5.32 Å². The Morgan fingerprint density at radius 2 is 2.04 bits per heavy atom. The Hall–Kier alpha value is -2.76. The normalized spacial score (nSPS) is 17.0. The number of amides is 1. The van der Waals surface area contributed by atoms with Gasteiger partial charge in [-0.05, 0) is 45.7 Å². The number of nitrogens with one attached hydrogen (secondary N) is 1. The highest BCUT2D eigenvalue weighted by Crippen LogP contribution is 2.28. The Morgan fingerprint density at radius 1 is 1.23 bits per heavy atom. The number of pyridine rings is 1. The van der Waals surface area contributed by atoms with Crippen LogP contribution in [0.15, 0.2) is 36.4 Å². The molecule has 3 heterocycles. The maximum absolute atomic E-state index is 12.3. The highest BCUT2D eigenvalue weighted by atomic mass is 16.2. The van der Waals surface area contributed by atoms with E-state index >= 15 is 0 Å². The fourth-order valence-electron chi connectivity index (χ4n) is 3.28. The van der Waals surface area contributed by atoms with Gasteiger partial charge >= 0.3 is 0 Å². The molecular formula is C20H25N5O. The van der Waals surface area contributed by atoms with E-state index in [0.717, 1.165) is 42.4 Å². The average molecular weight is 351 g/mol. The molecular weight excluding hydrogens is 326 g/mol. The van der Waals surface area contributed by atoms with Gasteiger partial charge in [0.2, 0.25) is 5.91 Å². The second kappa shape index (κ2) is 7.64. The van der Waals surface area contributed by atoms with Crippen LogP contribution in [-0.2, 0) is 4.79 Å². The Labute approximate surface area is 154 Å². The monoisotopic (exact) mass is 351 g/mol. The molecule has 0 aliphatic carbocycles. The topological polar surface area (TPSA) is 71.0 Å². The first-order valence-electron chi connectivity index (χ1n) is 8.93. The first-order chi connectivity index (χ1) is 12.4. The lowest BCUT2D eigenvalue weighted by Crippen LogP contribution is -2.39. The molecule has 6 heteroatoms. The summed E-state index contributed by atoms with van der Waals surface area (Å²) in [7, 11) is 0. The number of hydrogen-bond donors (Lipinski definition) is 1. The molecule has 6 nitrogen and oxygen atoms in total. The molecule has 1 saturated heterocycles. The number of carbonyl (C=O) groups excluding carboxylic acids is 1. The van der Waals surface area contributed by atoms with E-state index in [1.165, 1.54) is 0 Å². The van der Waals surface area contributed by atoms with E-state index in [9.17, 15) is 4.79 Å². The van der Waals surface area contributed by atoms with Gasteiger partial charge in [0.15, 0.2) is 0 Å². The van der Waals surface area contributed by atoms with E-state index in [-0.39, 0.29) is 11.8 Å². The summed E-state index contributed by atoms with van der Waals surface area (Å²) in [5.41, 5.74) is 2.49. The fourth-order valence-corrected chi connectivity index (χ4v) is 3.28. The van der Waals surface area contributed by atoms with E-state index in [1.54, 1.807) is 6.92 Å². The van der Waals surface area contributed by atoms with E-state index in [0.29, 0.717) is 17.9 Å². The molecule has 1 aliphatic heterocycles. The van der Waals surface area contributed by atoms with Crippen molar-refractivity contribution in [2.24, 2.45) is 0 Å². The molecule has 26 heavy (non-hydrogen) atoms. The summed E-state index contributed by atoms with van der Waals surface area (Å²) in [6.07, 6.45) is 1.98. The Bertz CT molecular complexity index is 833. The first kappa shape index (κ1) is 18.0. The molecule has 3 rings (SSSR count). The molecule has 1 amide bonds.